The molecule has 2 aliphatic rings. The van der Waals surface area contributed by atoms with Gasteiger partial charge in [0.1, 0.15) is 0 Å². The molecule has 26 heavy (non-hydrogen) atoms. The van der Waals surface area contributed by atoms with E-state index in [0.29, 0.717) is 18.4 Å². The Labute approximate surface area is 160 Å². The summed E-state index contributed by atoms with van der Waals surface area (Å²) < 4.78 is 11.3. The molecule has 0 aromatic heterocycles. The van der Waals surface area contributed by atoms with Crippen LogP contribution in [-0.4, -0.2) is 25.8 Å². The summed E-state index contributed by atoms with van der Waals surface area (Å²) in [5.74, 6) is 1.93. The van der Waals surface area contributed by atoms with Crippen LogP contribution in [0.5, 0.6) is 0 Å². The Hall–Kier alpha value is -1.09. The number of carbonyl (C=O) groups is 1. The van der Waals surface area contributed by atoms with E-state index in [0.717, 1.165) is 50.4 Å². The Morgan fingerprint density at radius 2 is 1.92 bits per heavy atom. The van der Waals surface area contributed by atoms with Gasteiger partial charge in [-0.1, -0.05) is 63.8 Å². The molecule has 1 saturated carbocycles. The van der Waals surface area contributed by atoms with E-state index < -0.39 is 0 Å². The van der Waals surface area contributed by atoms with Crippen molar-refractivity contribution < 1.29 is 14.3 Å². The Kier molecular flexibility index (Phi) is 9.45. The highest BCUT2D eigenvalue weighted by atomic mass is 16.5. The SMILES string of the molecule is C=C(CCOCCC(CC)CCCC)CCOC(=O)C1CC2C=CC1C2. The predicted molar refractivity (Wildman–Crippen MR) is 107 cm³/mol. The van der Waals surface area contributed by atoms with Gasteiger partial charge in [-0.05, 0) is 43.4 Å². The molecule has 0 aromatic rings. The van der Waals surface area contributed by atoms with Crippen molar-refractivity contribution in [2.75, 3.05) is 19.8 Å². The van der Waals surface area contributed by atoms with Crippen LogP contribution in [-0.2, 0) is 14.3 Å². The first kappa shape index (κ1) is 21.2. The average molecular weight is 363 g/mol. The van der Waals surface area contributed by atoms with Crippen molar-refractivity contribution in [2.24, 2.45) is 23.7 Å². The lowest BCUT2D eigenvalue weighted by atomic mass is 9.94. The second kappa shape index (κ2) is 11.6. The summed E-state index contributed by atoms with van der Waals surface area (Å²) in [6.07, 6.45) is 14.5. The molecular weight excluding hydrogens is 324 g/mol. The molecule has 148 valence electrons. The lowest BCUT2D eigenvalue weighted by Gasteiger charge is -2.17. The van der Waals surface area contributed by atoms with Crippen LogP contribution in [0.15, 0.2) is 24.3 Å². The Morgan fingerprint density at radius 3 is 2.58 bits per heavy atom. The lowest BCUT2D eigenvalue weighted by Crippen LogP contribution is -2.22. The third kappa shape index (κ3) is 6.90. The molecule has 0 spiro atoms. The van der Waals surface area contributed by atoms with Gasteiger partial charge in [0.15, 0.2) is 0 Å². The molecule has 0 heterocycles. The van der Waals surface area contributed by atoms with Gasteiger partial charge in [-0.15, -0.1) is 0 Å². The number of allylic oxidation sites excluding steroid dienone is 2. The standard InChI is InChI=1S/C23H38O3/c1-4-6-7-19(5-2)12-14-25-13-10-18(3)11-15-26-23(24)22-17-20-8-9-21(22)16-20/h8-9,19-22H,3-7,10-17H2,1-2H3. The van der Waals surface area contributed by atoms with Gasteiger partial charge in [-0.2, -0.15) is 0 Å². The molecule has 2 rings (SSSR count). The van der Waals surface area contributed by atoms with Gasteiger partial charge < -0.3 is 9.47 Å². The molecule has 0 aliphatic heterocycles. The number of carbonyl (C=O) groups excluding carboxylic acids is 1. The van der Waals surface area contributed by atoms with E-state index in [-0.39, 0.29) is 11.9 Å². The molecule has 3 heteroatoms. The first-order valence-electron chi connectivity index (χ1n) is 10.7. The van der Waals surface area contributed by atoms with Gasteiger partial charge in [0.2, 0.25) is 0 Å². The highest BCUT2D eigenvalue weighted by Crippen LogP contribution is 2.43. The predicted octanol–water partition coefficient (Wildman–Crippen LogP) is 5.70. The van der Waals surface area contributed by atoms with Crippen LogP contribution >= 0.6 is 0 Å². The molecule has 1 fully saturated rings. The summed E-state index contributed by atoms with van der Waals surface area (Å²) in [5, 5.41) is 0. The van der Waals surface area contributed by atoms with Crippen LogP contribution in [0.2, 0.25) is 0 Å². The topological polar surface area (TPSA) is 35.5 Å². The first-order chi connectivity index (χ1) is 12.6. The van der Waals surface area contributed by atoms with Crippen molar-refractivity contribution in [3.8, 4) is 0 Å². The zero-order valence-corrected chi connectivity index (χ0v) is 16.9. The summed E-state index contributed by atoms with van der Waals surface area (Å²) in [7, 11) is 0. The first-order valence-corrected chi connectivity index (χ1v) is 10.7. The fourth-order valence-electron chi connectivity index (χ4n) is 4.19. The Balaban J connectivity index is 1.46. The van der Waals surface area contributed by atoms with Crippen LogP contribution < -0.4 is 0 Å². The third-order valence-electron chi connectivity index (χ3n) is 6.10. The second-order valence-electron chi connectivity index (χ2n) is 8.12. The summed E-state index contributed by atoms with van der Waals surface area (Å²) >= 11 is 0. The van der Waals surface area contributed by atoms with E-state index in [2.05, 4.69) is 32.6 Å². The van der Waals surface area contributed by atoms with Gasteiger partial charge in [-0.3, -0.25) is 4.79 Å². The minimum absolute atomic E-state index is 0.0106. The van der Waals surface area contributed by atoms with E-state index >= 15 is 0 Å². The number of hydrogen-bond donors (Lipinski definition) is 0. The van der Waals surface area contributed by atoms with Crippen LogP contribution in [0.4, 0.5) is 0 Å². The highest BCUT2D eigenvalue weighted by Gasteiger charge is 2.40. The van der Waals surface area contributed by atoms with Gasteiger partial charge in [-0.25, -0.2) is 0 Å². The van der Waals surface area contributed by atoms with Gasteiger partial charge in [0.05, 0.1) is 19.1 Å². The molecular formula is C23H38O3. The largest absolute Gasteiger partial charge is 0.465 e. The number of unbranched alkanes of at least 4 members (excludes halogenated alkanes) is 1. The van der Waals surface area contributed by atoms with Crippen molar-refractivity contribution in [1.82, 2.24) is 0 Å². The van der Waals surface area contributed by atoms with Crippen LogP contribution in [0, 0.1) is 23.7 Å². The molecule has 0 N–H and O–H groups in total. The van der Waals surface area contributed by atoms with Crippen LogP contribution in [0.25, 0.3) is 0 Å². The molecule has 0 aromatic carbocycles. The van der Waals surface area contributed by atoms with Gasteiger partial charge >= 0.3 is 5.97 Å². The van der Waals surface area contributed by atoms with Crippen molar-refractivity contribution in [3.05, 3.63) is 24.3 Å². The Morgan fingerprint density at radius 1 is 1.12 bits per heavy atom. The molecule has 0 radical (unpaired) electrons. The summed E-state index contributed by atoms with van der Waals surface area (Å²) in [6, 6.07) is 0. The normalized spacial score (nSPS) is 24.8. The quantitative estimate of drug-likeness (QED) is 0.226. The van der Waals surface area contributed by atoms with Crippen LogP contribution in [0.3, 0.4) is 0 Å². The number of rotatable bonds is 14. The molecule has 0 amide bonds. The summed E-state index contributed by atoms with van der Waals surface area (Å²) in [5.41, 5.74) is 1.11. The van der Waals surface area contributed by atoms with Crippen molar-refractivity contribution in [1.29, 1.82) is 0 Å². The highest BCUT2D eigenvalue weighted by molar-refractivity contribution is 5.74. The molecule has 2 bridgehead atoms. The molecule has 2 aliphatic carbocycles. The van der Waals surface area contributed by atoms with Crippen LogP contribution in [0.1, 0.15) is 71.6 Å². The zero-order valence-electron chi connectivity index (χ0n) is 16.9. The van der Waals surface area contributed by atoms with E-state index in [1.807, 2.05) is 0 Å². The van der Waals surface area contributed by atoms with Crippen molar-refractivity contribution >= 4 is 5.97 Å². The monoisotopic (exact) mass is 362 g/mol. The third-order valence-corrected chi connectivity index (χ3v) is 6.10. The molecule has 0 saturated heterocycles. The number of ether oxygens (including phenoxy) is 2. The summed E-state index contributed by atoms with van der Waals surface area (Å²) in [6.45, 7) is 10.7. The van der Waals surface area contributed by atoms with E-state index in [1.54, 1.807) is 0 Å². The average Bonchev–Trinajstić information content (AvgIpc) is 3.27. The molecule has 3 nitrogen and oxygen atoms in total. The van der Waals surface area contributed by atoms with Crippen molar-refractivity contribution in [2.45, 2.75) is 71.6 Å². The maximum absolute atomic E-state index is 12.2. The van der Waals surface area contributed by atoms with E-state index in [9.17, 15) is 4.79 Å². The number of esters is 1. The summed E-state index contributed by atoms with van der Waals surface area (Å²) in [4.78, 5) is 12.2. The van der Waals surface area contributed by atoms with E-state index in [1.165, 1.54) is 32.1 Å². The fraction of sp³-hybridized carbons (Fsp3) is 0.783. The minimum Gasteiger partial charge on any atom is -0.465 e. The Bertz CT molecular complexity index is 468. The maximum Gasteiger partial charge on any atom is 0.309 e. The number of hydrogen-bond acceptors (Lipinski definition) is 3. The zero-order chi connectivity index (χ0) is 18.8. The van der Waals surface area contributed by atoms with Gasteiger partial charge in [0, 0.05) is 13.0 Å². The number of fused-ring (bicyclic) bond motifs is 2. The fourth-order valence-corrected chi connectivity index (χ4v) is 4.19. The van der Waals surface area contributed by atoms with Crippen molar-refractivity contribution in [3.63, 3.8) is 0 Å². The second-order valence-corrected chi connectivity index (χ2v) is 8.12. The lowest BCUT2D eigenvalue weighted by molar-refractivity contribution is -0.149. The smallest absolute Gasteiger partial charge is 0.309 e. The van der Waals surface area contributed by atoms with E-state index in [4.69, 9.17) is 9.47 Å². The maximum atomic E-state index is 12.2. The molecule has 4 unspecified atom stereocenters. The van der Waals surface area contributed by atoms with Gasteiger partial charge in [0.25, 0.3) is 0 Å². The molecule has 4 atom stereocenters. The minimum atomic E-state index is -0.0106.